The molecule has 0 radical (unpaired) electrons. The van der Waals surface area contributed by atoms with Crippen LogP contribution in [0.4, 0.5) is 0 Å². The molecule has 4 rings (SSSR count). The Balaban J connectivity index is 0.00000210. The van der Waals surface area contributed by atoms with Crippen LogP contribution in [-0.2, 0) is 29.1 Å². The molecular formula is C21H30O5Zn. The molecule has 0 saturated heterocycles. The number of hydrogen-bond donors (Lipinski definition) is 3. The molecule has 3 saturated carbocycles. The number of aliphatic hydroxyl groups excluding tert-OH is 2. The first kappa shape index (κ1) is 21.3. The van der Waals surface area contributed by atoms with Crippen molar-refractivity contribution in [1.29, 1.82) is 0 Å². The van der Waals surface area contributed by atoms with Crippen molar-refractivity contribution in [3.8, 4) is 0 Å². The zero-order valence-electron chi connectivity index (χ0n) is 16.4. The van der Waals surface area contributed by atoms with Crippen LogP contribution in [0.15, 0.2) is 11.6 Å². The van der Waals surface area contributed by atoms with E-state index in [1.165, 1.54) is 5.57 Å². The summed E-state index contributed by atoms with van der Waals surface area (Å²) in [5.74, 6) is 0.140. The van der Waals surface area contributed by atoms with E-state index in [0.29, 0.717) is 19.3 Å². The van der Waals surface area contributed by atoms with Crippen LogP contribution >= 0.6 is 0 Å². The third kappa shape index (κ3) is 2.70. The largest absolute Gasteiger partial charge is 0.393 e. The van der Waals surface area contributed by atoms with Crippen LogP contribution in [0.1, 0.15) is 58.8 Å². The molecule has 0 heterocycles. The van der Waals surface area contributed by atoms with Crippen molar-refractivity contribution < 1.29 is 44.4 Å². The Morgan fingerprint density at radius 2 is 1.93 bits per heavy atom. The Labute approximate surface area is 173 Å². The second kappa shape index (κ2) is 6.83. The van der Waals surface area contributed by atoms with Crippen LogP contribution in [0, 0.1) is 28.6 Å². The van der Waals surface area contributed by atoms with Gasteiger partial charge in [0.25, 0.3) is 0 Å². The molecule has 5 nitrogen and oxygen atoms in total. The topological polar surface area (TPSA) is 94.8 Å². The van der Waals surface area contributed by atoms with Crippen molar-refractivity contribution >= 4 is 11.6 Å². The van der Waals surface area contributed by atoms with Gasteiger partial charge in [0, 0.05) is 31.3 Å². The summed E-state index contributed by atoms with van der Waals surface area (Å²) in [5, 5.41) is 31.7. The first-order chi connectivity index (χ1) is 12.2. The second-order valence-electron chi connectivity index (χ2n) is 9.56. The van der Waals surface area contributed by atoms with E-state index in [2.05, 4.69) is 6.92 Å². The predicted molar refractivity (Wildman–Crippen MR) is 95.1 cm³/mol. The smallest absolute Gasteiger partial charge is 0.190 e. The first-order valence-electron chi connectivity index (χ1n) is 9.96. The van der Waals surface area contributed by atoms with E-state index in [4.69, 9.17) is 0 Å². The van der Waals surface area contributed by atoms with Gasteiger partial charge in [0.2, 0.25) is 0 Å². The molecule has 3 N–H and O–H groups in total. The van der Waals surface area contributed by atoms with Gasteiger partial charge in [-0.1, -0.05) is 19.4 Å². The number of hydrogen-bond acceptors (Lipinski definition) is 5. The van der Waals surface area contributed by atoms with Gasteiger partial charge in [0.15, 0.2) is 11.6 Å². The van der Waals surface area contributed by atoms with Gasteiger partial charge in [-0.2, -0.15) is 0 Å². The van der Waals surface area contributed by atoms with Gasteiger partial charge in [-0.05, 0) is 67.8 Å². The number of carbonyl (C=O) groups excluding carboxylic acids is 2. The zero-order chi connectivity index (χ0) is 18.9. The number of carbonyl (C=O) groups is 2. The zero-order valence-corrected chi connectivity index (χ0v) is 19.4. The summed E-state index contributed by atoms with van der Waals surface area (Å²) in [7, 11) is 0. The number of allylic oxidation sites excluding steroid dienone is 1. The molecule has 4 aliphatic carbocycles. The van der Waals surface area contributed by atoms with Gasteiger partial charge >= 0.3 is 0 Å². The maximum atomic E-state index is 12.4. The molecule has 0 bridgehead atoms. The SMILES string of the molecule is C[C@]12CCC(=O)C=C1CC[C@@H]1[C@@H]2[C@@H](O)C[C@@]2(C)[C@H]1CC[C@]2(O)C(=O)CO.[Zn]. The van der Waals surface area contributed by atoms with E-state index in [-0.39, 0.29) is 48.4 Å². The maximum absolute atomic E-state index is 12.4. The number of aliphatic hydroxyl groups is 3. The number of ketones is 2. The van der Waals surface area contributed by atoms with Crippen molar-refractivity contribution in [3.05, 3.63) is 11.6 Å². The van der Waals surface area contributed by atoms with Gasteiger partial charge in [-0.25, -0.2) is 0 Å². The van der Waals surface area contributed by atoms with E-state index in [0.717, 1.165) is 25.7 Å². The van der Waals surface area contributed by atoms with Gasteiger partial charge in [-0.15, -0.1) is 0 Å². The number of rotatable bonds is 2. The number of fused-ring (bicyclic) bond motifs is 5. The van der Waals surface area contributed by atoms with E-state index < -0.39 is 29.5 Å². The molecule has 7 atom stereocenters. The van der Waals surface area contributed by atoms with Crippen molar-refractivity contribution in [1.82, 2.24) is 0 Å². The fourth-order valence-electron chi connectivity index (χ4n) is 7.28. The Bertz CT molecular complexity index is 690. The molecule has 0 amide bonds. The van der Waals surface area contributed by atoms with Gasteiger partial charge in [0.05, 0.1) is 6.10 Å². The second-order valence-corrected chi connectivity index (χ2v) is 9.56. The van der Waals surface area contributed by atoms with Gasteiger partial charge in [0.1, 0.15) is 12.2 Å². The molecule has 0 aliphatic heterocycles. The molecule has 0 spiro atoms. The molecule has 0 aromatic heterocycles. The molecular weight excluding hydrogens is 398 g/mol. The molecule has 0 aromatic carbocycles. The summed E-state index contributed by atoms with van der Waals surface area (Å²) in [4.78, 5) is 24.3. The fourth-order valence-corrected chi connectivity index (χ4v) is 7.28. The van der Waals surface area contributed by atoms with Gasteiger partial charge in [-0.3, -0.25) is 9.59 Å². The van der Waals surface area contributed by atoms with Crippen LogP contribution in [0.25, 0.3) is 0 Å². The van der Waals surface area contributed by atoms with Crippen LogP contribution < -0.4 is 0 Å². The van der Waals surface area contributed by atoms with Crippen LogP contribution in [0.2, 0.25) is 0 Å². The minimum Gasteiger partial charge on any atom is -0.393 e. The Morgan fingerprint density at radius 1 is 1.22 bits per heavy atom. The Hall–Kier alpha value is -0.417. The Kier molecular flexibility index (Phi) is 5.39. The molecule has 6 heteroatoms. The van der Waals surface area contributed by atoms with E-state index in [1.807, 2.05) is 6.92 Å². The molecule has 27 heavy (non-hydrogen) atoms. The summed E-state index contributed by atoms with van der Waals surface area (Å²) in [6, 6.07) is 0. The minimum atomic E-state index is -1.54. The quantitative estimate of drug-likeness (QED) is 0.584. The van der Waals surface area contributed by atoms with E-state index in [9.17, 15) is 24.9 Å². The first-order valence-corrected chi connectivity index (χ1v) is 9.96. The summed E-state index contributed by atoms with van der Waals surface area (Å²) < 4.78 is 0. The summed E-state index contributed by atoms with van der Waals surface area (Å²) >= 11 is 0. The minimum absolute atomic E-state index is 0. The molecule has 4 aliphatic rings. The standard InChI is InChI=1S/C21H30O5.Zn/c1-19-7-5-13(23)9-12(19)3-4-14-15-6-8-21(26,17(25)11-22)20(15,2)10-16(24)18(14)19;/h9,14-16,18,22,24,26H,3-8,10-11H2,1-2H3;/t14-,15-,16-,18+,19-,20-,21-;/m0./s1. The molecule has 146 valence electrons. The van der Waals surface area contributed by atoms with Crippen molar-refractivity contribution in [3.63, 3.8) is 0 Å². The fraction of sp³-hybridized carbons (Fsp3) is 0.810. The van der Waals surface area contributed by atoms with E-state index >= 15 is 0 Å². The third-order valence-corrected chi connectivity index (χ3v) is 8.65. The van der Waals surface area contributed by atoms with E-state index in [1.54, 1.807) is 6.08 Å². The van der Waals surface area contributed by atoms with Crippen molar-refractivity contribution in [2.24, 2.45) is 28.6 Å². The van der Waals surface area contributed by atoms with Crippen LogP contribution in [-0.4, -0.2) is 45.2 Å². The summed E-state index contributed by atoms with van der Waals surface area (Å²) in [5.41, 5.74) is -1.23. The summed E-state index contributed by atoms with van der Waals surface area (Å²) in [6.07, 6.45) is 5.74. The average molecular weight is 428 g/mol. The molecule has 0 aromatic rings. The van der Waals surface area contributed by atoms with Crippen LogP contribution in [0.5, 0.6) is 0 Å². The Morgan fingerprint density at radius 3 is 2.59 bits per heavy atom. The average Bonchev–Trinajstić information content (AvgIpc) is 2.86. The molecule has 0 unspecified atom stereocenters. The van der Waals surface area contributed by atoms with Gasteiger partial charge < -0.3 is 15.3 Å². The predicted octanol–water partition coefficient (Wildman–Crippen LogP) is 1.78. The molecule has 3 fully saturated rings. The van der Waals surface area contributed by atoms with Crippen molar-refractivity contribution in [2.75, 3.05) is 6.61 Å². The normalized spacial score (nSPS) is 48.6. The van der Waals surface area contributed by atoms with Crippen molar-refractivity contribution in [2.45, 2.75) is 70.5 Å². The van der Waals surface area contributed by atoms with Crippen LogP contribution in [0.3, 0.4) is 0 Å². The number of Topliss-reactive ketones (excluding diaryl/α,β-unsaturated/α-hetero) is 1. The maximum Gasteiger partial charge on any atom is 0.190 e. The third-order valence-electron chi connectivity index (χ3n) is 8.65. The monoisotopic (exact) mass is 426 g/mol. The summed E-state index contributed by atoms with van der Waals surface area (Å²) in [6.45, 7) is 3.46.